The maximum Gasteiger partial charge on any atom is 0.326 e. The minimum atomic E-state index is -0.611. The van der Waals surface area contributed by atoms with Crippen LogP contribution >= 0.6 is 0 Å². The SMILES string of the molecule is O=C(/C=C/c1ccc(CNC2(C(=O)OC3CCCC3)CCCCC2)nc1)NO. The number of hydrogen-bond acceptors (Lipinski definition) is 6. The molecule has 2 fully saturated rings. The highest BCUT2D eigenvalue weighted by Gasteiger charge is 2.41. The second-order valence-corrected chi connectivity index (χ2v) is 7.70. The molecule has 3 N–H and O–H groups in total. The van der Waals surface area contributed by atoms with Crippen molar-refractivity contribution < 1.29 is 19.5 Å². The molecule has 1 amide bonds. The van der Waals surface area contributed by atoms with Gasteiger partial charge in [0.05, 0.1) is 5.69 Å². The Hall–Kier alpha value is -2.25. The molecule has 28 heavy (non-hydrogen) atoms. The van der Waals surface area contributed by atoms with E-state index >= 15 is 0 Å². The first kappa shape index (κ1) is 20.5. The largest absolute Gasteiger partial charge is 0.461 e. The van der Waals surface area contributed by atoms with E-state index in [1.54, 1.807) is 17.8 Å². The van der Waals surface area contributed by atoms with Gasteiger partial charge in [-0.15, -0.1) is 0 Å². The Kier molecular flexibility index (Phi) is 7.17. The standard InChI is InChI=1S/C21H29N3O4/c25-19(24-27)11-9-16-8-10-17(22-14-16)15-23-21(12-4-1-5-13-21)20(26)28-18-6-2-3-7-18/h8-11,14,18,23,27H,1-7,12-13,15H2,(H,24,25)/b11-9+. The van der Waals surface area contributed by atoms with Crippen molar-refractivity contribution >= 4 is 18.0 Å². The van der Waals surface area contributed by atoms with E-state index in [0.717, 1.165) is 69.0 Å². The third kappa shape index (κ3) is 5.39. The van der Waals surface area contributed by atoms with E-state index in [9.17, 15) is 9.59 Å². The van der Waals surface area contributed by atoms with E-state index in [4.69, 9.17) is 9.94 Å². The van der Waals surface area contributed by atoms with Crippen molar-refractivity contribution in [2.24, 2.45) is 0 Å². The molecule has 152 valence electrons. The lowest BCUT2D eigenvalue weighted by atomic mass is 9.81. The van der Waals surface area contributed by atoms with Gasteiger partial charge < -0.3 is 4.74 Å². The number of nitrogens with one attached hydrogen (secondary N) is 2. The van der Waals surface area contributed by atoms with Crippen LogP contribution in [0.1, 0.15) is 69.0 Å². The highest BCUT2D eigenvalue weighted by Crippen LogP contribution is 2.32. The fourth-order valence-corrected chi connectivity index (χ4v) is 3.99. The number of nitrogens with zero attached hydrogens (tertiary/aromatic N) is 1. The Labute approximate surface area is 165 Å². The quantitative estimate of drug-likeness (QED) is 0.288. The summed E-state index contributed by atoms with van der Waals surface area (Å²) < 4.78 is 5.84. The van der Waals surface area contributed by atoms with E-state index < -0.39 is 11.4 Å². The smallest absolute Gasteiger partial charge is 0.326 e. The van der Waals surface area contributed by atoms with Crippen LogP contribution in [0.5, 0.6) is 0 Å². The van der Waals surface area contributed by atoms with Crippen molar-refractivity contribution in [1.82, 2.24) is 15.8 Å². The third-order valence-corrected chi connectivity index (χ3v) is 5.67. The second kappa shape index (κ2) is 9.80. The lowest BCUT2D eigenvalue weighted by molar-refractivity contribution is -0.158. The minimum Gasteiger partial charge on any atom is -0.461 e. The topological polar surface area (TPSA) is 101 Å². The number of rotatable bonds is 7. The highest BCUT2D eigenvalue weighted by molar-refractivity contribution is 5.90. The molecule has 0 unspecified atom stereocenters. The number of pyridine rings is 1. The molecule has 1 aromatic heterocycles. The molecular formula is C21H29N3O4. The molecule has 3 rings (SSSR count). The van der Waals surface area contributed by atoms with Gasteiger partial charge in [-0.25, -0.2) is 5.48 Å². The van der Waals surface area contributed by atoms with Crippen molar-refractivity contribution in [2.45, 2.75) is 76.0 Å². The molecule has 2 aliphatic carbocycles. The average Bonchev–Trinajstić information content (AvgIpc) is 3.25. The summed E-state index contributed by atoms with van der Waals surface area (Å²) in [6, 6.07) is 3.71. The number of carbonyl (C=O) groups is 2. The number of amides is 1. The molecule has 0 saturated heterocycles. The molecular weight excluding hydrogens is 358 g/mol. The van der Waals surface area contributed by atoms with Crippen LogP contribution in [0.4, 0.5) is 0 Å². The summed E-state index contributed by atoms with van der Waals surface area (Å²) in [5.74, 6) is -0.695. The monoisotopic (exact) mass is 387 g/mol. The Morgan fingerprint density at radius 3 is 2.57 bits per heavy atom. The average molecular weight is 387 g/mol. The van der Waals surface area contributed by atoms with Crippen LogP contribution in [0.25, 0.3) is 6.08 Å². The number of aromatic nitrogens is 1. The first-order valence-corrected chi connectivity index (χ1v) is 10.1. The van der Waals surface area contributed by atoms with Gasteiger partial charge in [-0.1, -0.05) is 25.3 Å². The normalized spacial score (nSPS) is 19.6. The van der Waals surface area contributed by atoms with Crippen molar-refractivity contribution in [3.05, 3.63) is 35.7 Å². The molecule has 7 nitrogen and oxygen atoms in total. The van der Waals surface area contributed by atoms with Gasteiger partial charge in [0.15, 0.2) is 0 Å². The zero-order chi connectivity index (χ0) is 19.8. The van der Waals surface area contributed by atoms with Crippen LogP contribution in [-0.2, 0) is 20.9 Å². The van der Waals surface area contributed by atoms with Crippen LogP contribution in [0.15, 0.2) is 24.4 Å². The maximum absolute atomic E-state index is 13.0. The van der Waals surface area contributed by atoms with E-state index in [2.05, 4.69) is 10.3 Å². The summed E-state index contributed by atoms with van der Waals surface area (Å²) >= 11 is 0. The Balaban J connectivity index is 1.60. The molecule has 0 aromatic carbocycles. The first-order valence-electron chi connectivity index (χ1n) is 10.1. The number of carbonyl (C=O) groups excluding carboxylic acids is 2. The summed E-state index contributed by atoms with van der Waals surface area (Å²) in [6.07, 6.45) is 13.6. The van der Waals surface area contributed by atoms with E-state index in [-0.39, 0.29) is 12.1 Å². The molecule has 0 bridgehead atoms. The molecule has 1 heterocycles. The van der Waals surface area contributed by atoms with Crippen molar-refractivity contribution in [3.63, 3.8) is 0 Å². The molecule has 1 aromatic rings. The number of ether oxygens (including phenoxy) is 1. The molecule has 2 aliphatic rings. The van der Waals surface area contributed by atoms with Crippen LogP contribution < -0.4 is 10.8 Å². The fraction of sp³-hybridized carbons (Fsp3) is 0.571. The zero-order valence-corrected chi connectivity index (χ0v) is 16.2. The van der Waals surface area contributed by atoms with Gasteiger partial charge in [0, 0.05) is 18.8 Å². The molecule has 0 radical (unpaired) electrons. The van der Waals surface area contributed by atoms with Gasteiger partial charge in [-0.2, -0.15) is 0 Å². The van der Waals surface area contributed by atoms with Crippen LogP contribution in [-0.4, -0.2) is 33.7 Å². The van der Waals surface area contributed by atoms with Crippen molar-refractivity contribution in [3.8, 4) is 0 Å². The summed E-state index contributed by atoms with van der Waals surface area (Å²) in [7, 11) is 0. The van der Waals surface area contributed by atoms with Gasteiger partial charge in [0.2, 0.25) is 0 Å². The summed E-state index contributed by atoms with van der Waals surface area (Å²) in [5.41, 5.74) is 2.50. The van der Waals surface area contributed by atoms with Crippen molar-refractivity contribution in [1.29, 1.82) is 0 Å². The predicted molar refractivity (Wildman–Crippen MR) is 104 cm³/mol. The summed E-state index contributed by atoms with van der Waals surface area (Å²) in [6.45, 7) is 0.487. The Bertz CT molecular complexity index is 690. The molecule has 7 heteroatoms. The van der Waals surface area contributed by atoms with E-state index in [0.29, 0.717) is 6.54 Å². The number of esters is 1. The van der Waals surface area contributed by atoms with E-state index in [1.807, 2.05) is 12.1 Å². The van der Waals surface area contributed by atoms with Gasteiger partial charge in [0.25, 0.3) is 5.91 Å². The van der Waals surface area contributed by atoms with Gasteiger partial charge in [0.1, 0.15) is 11.6 Å². The second-order valence-electron chi connectivity index (χ2n) is 7.70. The molecule has 2 saturated carbocycles. The predicted octanol–water partition coefficient (Wildman–Crippen LogP) is 2.88. The third-order valence-electron chi connectivity index (χ3n) is 5.67. The Morgan fingerprint density at radius 2 is 1.93 bits per heavy atom. The fourth-order valence-electron chi connectivity index (χ4n) is 3.99. The first-order chi connectivity index (χ1) is 13.6. The number of hydroxylamine groups is 1. The number of hydrogen-bond donors (Lipinski definition) is 3. The van der Waals surface area contributed by atoms with Gasteiger partial charge >= 0.3 is 5.97 Å². The summed E-state index contributed by atoms with van der Waals surface area (Å²) in [4.78, 5) is 28.4. The van der Waals surface area contributed by atoms with Crippen LogP contribution in [0, 0.1) is 0 Å². The van der Waals surface area contributed by atoms with Crippen molar-refractivity contribution in [2.75, 3.05) is 0 Å². The molecule has 0 aliphatic heterocycles. The van der Waals surface area contributed by atoms with Gasteiger partial charge in [-0.3, -0.25) is 25.1 Å². The van der Waals surface area contributed by atoms with E-state index in [1.165, 1.54) is 6.08 Å². The molecule has 0 spiro atoms. The lowest BCUT2D eigenvalue weighted by Gasteiger charge is -2.36. The highest BCUT2D eigenvalue weighted by atomic mass is 16.5. The minimum absolute atomic E-state index is 0.0772. The van der Waals surface area contributed by atoms with Gasteiger partial charge in [-0.05, 0) is 56.2 Å². The van der Waals surface area contributed by atoms with Crippen LogP contribution in [0.2, 0.25) is 0 Å². The molecule has 0 atom stereocenters. The maximum atomic E-state index is 13.0. The zero-order valence-electron chi connectivity index (χ0n) is 16.2. The Morgan fingerprint density at radius 1 is 1.18 bits per heavy atom. The lowest BCUT2D eigenvalue weighted by Crippen LogP contribution is -2.54. The summed E-state index contributed by atoms with van der Waals surface area (Å²) in [5, 5.41) is 11.9. The van der Waals surface area contributed by atoms with Crippen LogP contribution in [0.3, 0.4) is 0 Å².